The van der Waals surface area contributed by atoms with Crippen molar-refractivity contribution in [1.29, 1.82) is 0 Å². The number of rotatable bonds is 4. The van der Waals surface area contributed by atoms with Gasteiger partial charge in [-0.05, 0) is 31.2 Å². The fraction of sp³-hybridized carbons (Fsp3) is 0.167. The highest BCUT2D eigenvalue weighted by molar-refractivity contribution is 6.37. The van der Waals surface area contributed by atoms with E-state index in [-0.39, 0.29) is 18.2 Å². The zero-order valence-electron chi connectivity index (χ0n) is 13.4. The van der Waals surface area contributed by atoms with Crippen molar-refractivity contribution in [3.63, 3.8) is 0 Å². The summed E-state index contributed by atoms with van der Waals surface area (Å²) in [6, 6.07) is 13.2. The van der Waals surface area contributed by atoms with E-state index >= 15 is 0 Å². The van der Waals surface area contributed by atoms with Gasteiger partial charge in [-0.1, -0.05) is 47.5 Å². The van der Waals surface area contributed by atoms with E-state index in [1.54, 1.807) is 49.4 Å². The van der Waals surface area contributed by atoms with Crippen molar-refractivity contribution in [2.24, 2.45) is 5.10 Å². The van der Waals surface area contributed by atoms with Gasteiger partial charge in [0.05, 0.1) is 22.8 Å². The predicted molar refractivity (Wildman–Crippen MR) is 99.1 cm³/mol. The van der Waals surface area contributed by atoms with Gasteiger partial charge >= 0.3 is 0 Å². The fourth-order valence-electron chi connectivity index (χ4n) is 2.60. The zero-order chi connectivity index (χ0) is 18.0. The highest BCUT2D eigenvalue weighted by atomic mass is 35.5. The minimum atomic E-state index is -0.700. The lowest BCUT2D eigenvalue weighted by Gasteiger charge is -2.14. The van der Waals surface area contributed by atoms with Crippen LogP contribution in [0.25, 0.3) is 0 Å². The summed E-state index contributed by atoms with van der Waals surface area (Å²) in [7, 11) is 0. The van der Waals surface area contributed by atoms with Gasteiger partial charge in [-0.15, -0.1) is 0 Å². The molecule has 0 aromatic heterocycles. The Balaban J connectivity index is 1.75. The fourth-order valence-corrected chi connectivity index (χ4v) is 3.14. The molecule has 7 heteroatoms. The van der Waals surface area contributed by atoms with Crippen LogP contribution in [-0.2, 0) is 9.59 Å². The van der Waals surface area contributed by atoms with E-state index in [0.717, 1.165) is 0 Å². The third kappa shape index (κ3) is 3.67. The second-order valence-electron chi connectivity index (χ2n) is 5.61. The Bertz CT molecular complexity index is 853. The van der Waals surface area contributed by atoms with E-state index in [9.17, 15) is 9.59 Å². The number of halogens is 2. The molecule has 0 aliphatic carbocycles. The molecule has 5 nitrogen and oxygen atoms in total. The van der Waals surface area contributed by atoms with Crippen molar-refractivity contribution in [2.45, 2.75) is 19.4 Å². The van der Waals surface area contributed by atoms with Crippen LogP contribution in [-0.4, -0.2) is 23.6 Å². The van der Waals surface area contributed by atoms with Crippen LogP contribution in [0.3, 0.4) is 0 Å². The lowest BCUT2D eigenvalue weighted by atomic mass is 10.1. The molecular weight excluding hydrogens is 361 g/mol. The molecular formula is C18H15Cl2N3O2. The van der Waals surface area contributed by atoms with Gasteiger partial charge in [0.1, 0.15) is 6.04 Å². The van der Waals surface area contributed by atoms with Crippen LogP contribution in [0.4, 0.5) is 5.69 Å². The molecule has 2 aromatic rings. The molecule has 1 unspecified atom stereocenters. The molecule has 1 saturated heterocycles. The number of nitrogens with one attached hydrogen (secondary N) is 1. The molecule has 2 amide bonds. The van der Waals surface area contributed by atoms with Crippen LogP contribution in [0.15, 0.2) is 53.6 Å². The van der Waals surface area contributed by atoms with Crippen LogP contribution in [0.2, 0.25) is 10.0 Å². The summed E-state index contributed by atoms with van der Waals surface area (Å²) >= 11 is 12.0. The van der Waals surface area contributed by atoms with Gasteiger partial charge in [-0.3, -0.25) is 15.0 Å². The Labute approximate surface area is 155 Å². The standard InChI is InChI=1S/C18H15Cl2N3O2/c1-11(14-8-7-12(19)9-15(14)20)21-22-16-10-17(24)23(18(16)25)13-5-3-2-4-6-13/h2-9,16,22H,10H2,1H3/b21-11+. The van der Waals surface area contributed by atoms with E-state index in [1.807, 2.05) is 6.07 Å². The Morgan fingerprint density at radius 1 is 1.16 bits per heavy atom. The van der Waals surface area contributed by atoms with Crippen LogP contribution >= 0.6 is 23.2 Å². The molecule has 1 fully saturated rings. The average Bonchev–Trinajstić information content (AvgIpc) is 2.87. The molecule has 0 bridgehead atoms. The summed E-state index contributed by atoms with van der Waals surface area (Å²) < 4.78 is 0. The highest BCUT2D eigenvalue weighted by Gasteiger charge is 2.39. The summed E-state index contributed by atoms with van der Waals surface area (Å²) in [5.41, 5.74) is 4.65. The number of benzene rings is 2. The first-order valence-electron chi connectivity index (χ1n) is 7.64. The molecule has 1 heterocycles. The third-order valence-corrected chi connectivity index (χ3v) is 4.42. The third-order valence-electron chi connectivity index (χ3n) is 3.87. The van der Waals surface area contributed by atoms with Gasteiger partial charge in [0.2, 0.25) is 5.91 Å². The molecule has 3 rings (SSSR count). The summed E-state index contributed by atoms with van der Waals surface area (Å²) in [6.45, 7) is 1.76. The van der Waals surface area contributed by atoms with E-state index < -0.39 is 6.04 Å². The van der Waals surface area contributed by atoms with E-state index in [2.05, 4.69) is 10.5 Å². The predicted octanol–water partition coefficient (Wildman–Crippen LogP) is 3.64. The first kappa shape index (κ1) is 17.5. The van der Waals surface area contributed by atoms with Gasteiger partial charge in [-0.2, -0.15) is 5.10 Å². The quantitative estimate of drug-likeness (QED) is 0.504. The topological polar surface area (TPSA) is 61.8 Å². The molecule has 0 spiro atoms. The maximum atomic E-state index is 12.5. The second-order valence-corrected chi connectivity index (χ2v) is 6.45. The summed E-state index contributed by atoms with van der Waals surface area (Å²) in [4.78, 5) is 25.9. The SMILES string of the molecule is C/C(=N\NC1CC(=O)N(c2ccccc2)C1=O)c1ccc(Cl)cc1Cl. The number of hydrazone groups is 1. The molecule has 1 N–H and O–H groups in total. The highest BCUT2D eigenvalue weighted by Crippen LogP contribution is 2.23. The number of para-hydroxylation sites is 1. The number of nitrogens with zero attached hydrogens (tertiary/aromatic N) is 2. The molecule has 1 atom stereocenters. The van der Waals surface area contributed by atoms with Gasteiger partial charge in [0, 0.05) is 10.6 Å². The maximum Gasteiger partial charge on any atom is 0.258 e. The normalized spacial score (nSPS) is 18.0. The first-order valence-corrected chi connectivity index (χ1v) is 8.40. The van der Waals surface area contributed by atoms with Crippen molar-refractivity contribution < 1.29 is 9.59 Å². The van der Waals surface area contributed by atoms with Crippen molar-refractivity contribution in [1.82, 2.24) is 5.43 Å². The number of carbonyl (C=O) groups is 2. The monoisotopic (exact) mass is 375 g/mol. The Morgan fingerprint density at radius 2 is 1.88 bits per heavy atom. The molecule has 128 valence electrons. The summed E-state index contributed by atoms with van der Waals surface area (Å²) in [5, 5.41) is 5.22. The van der Waals surface area contributed by atoms with Gasteiger partial charge in [0.25, 0.3) is 5.91 Å². The molecule has 1 aliphatic rings. The van der Waals surface area contributed by atoms with Crippen molar-refractivity contribution >= 4 is 46.4 Å². The molecule has 2 aromatic carbocycles. The number of anilines is 1. The first-order chi connectivity index (χ1) is 12.0. The lowest BCUT2D eigenvalue weighted by molar-refractivity contribution is -0.121. The Kier molecular flexibility index (Phi) is 5.06. The zero-order valence-corrected chi connectivity index (χ0v) is 14.9. The summed E-state index contributed by atoms with van der Waals surface area (Å²) in [5.74, 6) is -0.582. The number of carbonyl (C=O) groups excluding carboxylic acids is 2. The maximum absolute atomic E-state index is 12.5. The van der Waals surface area contributed by atoms with Crippen molar-refractivity contribution in [3.05, 3.63) is 64.1 Å². The van der Waals surface area contributed by atoms with E-state index in [1.165, 1.54) is 4.90 Å². The smallest absolute Gasteiger partial charge is 0.258 e. The van der Waals surface area contributed by atoms with Gasteiger partial charge < -0.3 is 0 Å². The van der Waals surface area contributed by atoms with E-state index in [4.69, 9.17) is 23.2 Å². The Morgan fingerprint density at radius 3 is 2.56 bits per heavy atom. The molecule has 25 heavy (non-hydrogen) atoms. The number of imide groups is 1. The average molecular weight is 376 g/mol. The number of amides is 2. The van der Waals surface area contributed by atoms with Gasteiger partial charge in [0.15, 0.2) is 0 Å². The molecule has 1 aliphatic heterocycles. The minimum Gasteiger partial charge on any atom is -0.297 e. The summed E-state index contributed by atoms with van der Waals surface area (Å²) in [6.07, 6.45) is 0.0544. The van der Waals surface area contributed by atoms with Crippen LogP contribution in [0.5, 0.6) is 0 Å². The van der Waals surface area contributed by atoms with Crippen LogP contribution < -0.4 is 10.3 Å². The van der Waals surface area contributed by atoms with Crippen LogP contribution in [0.1, 0.15) is 18.9 Å². The second kappa shape index (κ2) is 7.25. The van der Waals surface area contributed by atoms with Gasteiger partial charge in [-0.25, -0.2) is 4.90 Å². The minimum absolute atomic E-state index is 0.0544. The number of hydrogen-bond acceptors (Lipinski definition) is 4. The molecule has 0 radical (unpaired) electrons. The van der Waals surface area contributed by atoms with Crippen LogP contribution in [0, 0.1) is 0 Å². The number of hydrogen-bond donors (Lipinski definition) is 1. The van der Waals surface area contributed by atoms with Crippen molar-refractivity contribution in [3.8, 4) is 0 Å². The van der Waals surface area contributed by atoms with E-state index in [0.29, 0.717) is 27.0 Å². The largest absolute Gasteiger partial charge is 0.297 e. The van der Waals surface area contributed by atoms with Crippen molar-refractivity contribution in [2.75, 3.05) is 4.90 Å². The lowest BCUT2D eigenvalue weighted by Crippen LogP contribution is -2.37. The Hall–Kier alpha value is -2.37. The molecule has 0 saturated carbocycles.